The molecule has 0 saturated heterocycles. The molecule has 0 unspecified atom stereocenters. The molecule has 1 aromatic rings. The van der Waals surface area contributed by atoms with Gasteiger partial charge in [0.2, 0.25) is 0 Å². The van der Waals surface area contributed by atoms with Crippen molar-refractivity contribution in [2.45, 2.75) is 6.92 Å². The number of nitrogens with two attached hydrogens (primary N) is 1. The van der Waals surface area contributed by atoms with Crippen molar-refractivity contribution < 1.29 is 8.78 Å². The van der Waals surface area contributed by atoms with E-state index >= 15 is 0 Å². The molecule has 0 aromatic heterocycles. The Morgan fingerprint density at radius 3 is 2.09 bits per heavy atom. The SMILES string of the molecule is CN.Cc1ccc(F)cc1F. The third-order valence-electron chi connectivity index (χ3n) is 1.13. The lowest BCUT2D eigenvalue weighted by Crippen LogP contribution is -1.81. The van der Waals surface area contributed by atoms with E-state index in [2.05, 4.69) is 5.73 Å². The van der Waals surface area contributed by atoms with E-state index in [1.54, 1.807) is 6.92 Å². The van der Waals surface area contributed by atoms with Crippen molar-refractivity contribution in [3.05, 3.63) is 35.4 Å². The lowest BCUT2D eigenvalue weighted by atomic mass is 10.2. The zero-order valence-corrected chi connectivity index (χ0v) is 6.57. The van der Waals surface area contributed by atoms with Gasteiger partial charge in [0.25, 0.3) is 0 Å². The molecule has 62 valence electrons. The van der Waals surface area contributed by atoms with E-state index < -0.39 is 11.6 Å². The first kappa shape index (κ1) is 10.0. The molecule has 1 rings (SSSR count). The first-order valence-electron chi connectivity index (χ1n) is 3.19. The van der Waals surface area contributed by atoms with Gasteiger partial charge in [0, 0.05) is 6.07 Å². The predicted octanol–water partition coefficient (Wildman–Crippen LogP) is 1.85. The summed E-state index contributed by atoms with van der Waals surface area (Å²) in [5.41, 5.74) is 4.97. The highest BCUT2D eigenvalue weighted by molar-refractivity contribution is 5.16. The maximum atomic E-state index is 12.3. The Bertz CT molecular complexity index is 223. The number of rotatable bonds is 0. The van der Waals surface area contributed by atoms with Gasteiger partial charge in [0.1, 0.15) is 11.6 Å². The van der Waals surface area contributed by atoms with E-state index in [0.29, 0.717) is 5.56 Å². The van der Waals surface area contributed by atoms with E-state index in [1.807, 2.05) is 0 Å². The van der Waals surface area contributed by atoms with Gasteiger partial charge in [0.05, 0.1) is 0 Å². The van der Waals surface area contributed by atoms with Crippen LogP contribution in [0.5, 0.6) is 0 Å². The van der Waals surface area contributed by atoms with E-state index in [0.717, 1.165) is 6.07 Å². The molecule has 1 aromatic carbocycles. The summed E-state index contributed by atoms with van der Waals surface area (Å²) in [5.74, 6) is -1.02. The number of halogens is 2. The maximum Gasteiger partial charge on any atom is 0.129 e. The van der Waals surface area contributed by atoms with Gasteiger partial charge in [-0.15, -0.1) is 0 Å². The molecule has 0 fully saturated rings. The number of hydrogen-bond donors (Lipinski definition) is 1. The second-order valence-corrected chi connectivity index (χ2v) is 1.89. The molecule has 3 heteroatoms. The van der Waals surface area contributed by atoms with Crippen LogP contribution >= 0.6 is 0 Å². The summed E-state index contributed by atoms with van der Waals surface area (Å²) >= 11 is 0. The summed E-state index contributed by atoms with van der Waals surface area (Å²) in [5, 5.41) is 0. The lowest BCUT2D eigenvalue weighted by molar-refractivity contribution is 0.577. The van der Waals surface area contributed by atoms with Crippen molar-refractivity contribution in [3.8, 4) is 0 Å². The van der Waals surface area contributed by atoms with Gasteiger partial charge in [0.15, 0.2) is 0 Å². The molecule has 0 aliphatic rings. The molecule has 0 atom stereocenters. The summed E-state index contributed by atoms with van der Waals surface area (Å²) in [6.45, 7) is 1.59. The van der Waals surface area contributed by atoms with Crippen LogP contribution in [0, 0.1) is 18.6 Å². The summed E-state index contributed by atoms with van der Waals surface area (Å²) in [4.78, 5) is 0. The minimum Gasteiger partial charge on any atom is -0.333 e. The van der Waals surface area contributed by atoms with Crippen LogP contribution in [0.15, 0.2) is 18.2 Å². The highest BCUT2D eigenvalue weighted by Crippen LogP contribution is 2.06. The van der Waals surface area contributed by atoms with E-state index in [1.165, 1.54) is 19.2 Å². The standard InChI is InChI=1S/C7H6F2.CH5N/c1-5-2-3-6(8)4-7(5)9;1-2/h2-4H,1H3;2H2,1H3. The minimum absolute atomic E-state index is 0.469. The predicted molar refractivity (Wildman–Crippen MR) is 41.2 cm³/mol. The highest BCUT2D eigenvalue weighted by Gasteiger charge is 1.95. The summed E-state index contributed by atoms with van der Waals surface area (Å²) in [6.07, 6.45) is 0. The summed E-state index contributed by atoms with van der Waals surface area (Å²) < 4.78 is 24.4. The molecule has 1 nitrogen and oxygen atoms in total. The third kappa shape index (κ3) is 3.09. The number of hydrogen-bond acceptors (Lipinski definition) is 1. The fourth-order valence-electron chi connectivity index (χ4n) is 0.567. The van der Waals surface area contributed by atoms with Crippen LogP contribution in [0.2, 0.25) is 0 Å². The molecule has 0 aliphatic heterocycles. The Labute approximate surface area is 64.8 Å². The molecule has 0 aliphatic carbocycles. The Balaban J connectivity index is 0.000000461. The van der Waals surface area contributed by atoms with Crippen LogP contribution in [-0.2, 0) is 0 Å². The first-order chi connectivity index (χ1) is 5.20. The van der Waals surface area contributed by atoms with Gasteiger partial charge in [-0.2, -0.15) is 0 Å². The van der Waals surface area contributed by atoms with Gasteiger partial charge >= 0.3 is 0 Å². The zero-order chi connectivity index (χ0) is 8.85. The van der Waals surface area contributed by atoms with E-state index in [4.69, 9.17) is 0 Å². The third-order valence-corrected chi connectivity index (χ3v) is 1.13. The highest BCUT2D eigenvalue weighted by atomic mass is 19.1. The largest absolute Gasteiger partial charge is 0.333 e. The molecule has 2 N–H and O–H groups in total. The fraction of sp³-hybridized carbons (Fsp3) is 0.250. The van der Waals surface area contributed by atoms with Crippen LogP contribution < -0.4 is 5.73 Å². The van der Waals surface area contributed by atoms with Crippen LogP contribution in [0.25, 0.3) is 0 Å². The second kappa shape index (κ2) is 4.79. The number of aryl methyl sites for hydroxylation is 1. The second-order valence-electron chi connectivity index (χ2n) is 1.89. The van der Waals surface area contributed by atoms with Crippen molar-refractivity contribution >= 4 is 0 Å². The zero-order valence-electron chi connectivity index (χ0n) is 6.57. The maximum absolute atomic E-state index is 12.3. The van der Waals surface area contributed by atoms with Crippen LogP contribution in [-0.4, -0.2) is 7.05 Å². The molecule has 0 amide bonds. The van der Waals surface area contributed by atoms with Crippen molar-refractivity contribution in [2.75, 3.05) is 7.05 Å². The van der Waals surface area contributed by atoms with Gasteiger partial charge in [-0.25, -0.2) is 8.78 Å². The Kier molecular flexibility index (Phi) is 4.38. The summed E-state index contributed by atoms with van der Waals surface area (Å²) in [7, 11) is 1.50. The fourth-order valence-corrected chi connectivity index (χ4v) is 0.567. The normalized spacial score (nSPS) is 8.45. The molecule has 0 spiro atoms. The van der Waals surface area contributed by atoms with Crippen LogP contribution in [0.1, 0.15) is 5.56 Å². The Morgan fingerprint density at radius 1 is 1.18 bits per heavy atom. The summed E-state index contributed by atoms with van der Waals surface area (Å²) in [6, 6.07) is 3.51. The Morgan fingerprint density at radius 2 is 1.73 bits per heavy atom. The molecule has 0 heterocycles. The van der Waals surface area contributed by atoms with Gasteiger partial charge in [-0.3, -0.25) is 0 Å². The van der Waals surface area contributed by atoms with Crippen molar-refractivity contribution in [1.29, 1.82) is 0 Å². The van der Waals surface area contributed by atoms with E-state index in [-0.39, 0.29) is 0 Å². The minimum atomic E-state index is -0.530. The Hall–Kier alpha value is -0.960. The van der Waals surface area contributed by atoms with Crippen molar-refractivity contribution in [3.63, 3.8) is 0 Å². The average molecular weight is 159 g/mol. The van der Waals surface area contributed by atoms with E-state index in [9.17, 15) is 8.78 Å². The smallest absolute Gasteiger partial charge is 0.129 e. The molecular weight excluding hydrogens is 148 g/mol. The topological polar surface area (TPSA) is 26.0 Å². The molecule has 0 saturated carbocycles. The lowest BCUT2D eigenvalue weighted by Gasteiger charge is -1.92. The molecule has 11 heavy (non-hydrogen) atoms. The monoisotopic (exact) mass is 159 g/mol. The molecule has 0 radical (unpaired) electrons. The quantitative estimate of drug-likeness (QED) is 0.614. The van der Waals surface area contributed by atoms with Gasteiger partial charge in [-0.05, 0) is 25.6 Å². The average Bonchev–Trinajstić information content (AvgIpc) is 2.02. The van der Waals surface area contributed by atoms with Crippen LogP contribution in [0.3, 0.4) is 0 Å². The number of benzene rings is 1. The van der Waals surface area contributed by atoms with Gasteiger partial charge < -0.3 is 5.73 Å². The molecular formula is C8H11F2N. The first-order valence-corrected chi connectivity index (χ1v) is 3.19. The van der Waals surface area contributed by atoms with Crippen molar-refractivity contribution in [2.24, 2.45) is 5.73 Å². The van der Waals surface area contributed by atoms with Crippen molar-refractivity contribution in [1.82, 2.24) is 0 Å². The molecule has 0 bridgehead atoms. The van der Waals surface area contributed by atoms with Gasteiger partial charge in [-0.1, -0.05) is 6.07 Å². The van der Waals surface area contributed by atoms with Crippen LogP contribution in [0.4, 0.5) is 8.78 Å².